The van der Waals surface area contributed by atoms with Gasteiger partial charge in [-0.2, -0.15) is 0 Å². The molecule has 1 heterocycles. The number of anilines is 1. The molecule has 0 aromatic heterocycles. The van der Waals surface area contributed by atoms with Gasteiger partial charge in [0, 0.05) is 24.7 Å². The van der Waals surface area contributed by atoms with E-state index in [1.165, 1.54) is 5.56 Å². The van der Waals surface area contributed by atoms with E-state index in [0.29, 0.717) is 11.4 Å². The summed E-state index contributed by atoms with van der Waals surface area (Å²) in [5, 5.41) is 6.26. The lowest BCUT2D eigenvalue weighted by Gasteiger charge is -2.21. The average molecular weight is 459 g/mol. The van der Waals surface area contributed by atoms with Crippen molar-refractivity contribution in [1.29, 1.82) is 0 Å². The minimum Gasteiger partial charge on any atom is -0.495 e. The summed E-state index contributed by atoms with van der Waals surface area (Å²) < 4.78 is 5.27. The lowest BCUT2D eigenvalue weighted by atomic mass is 10.2. The number of halogens is 1. The molecule has 8 heteroatoms. The number of aryl methyl sites for hydroxylation is 1. The summed E-state index contributed by atoms with van der Waals surface area (Å²) in [7, 11) is 1.56. The van der Waals surface area contributed by atoms with E-state index in [-0.39, 0.29) is 24.9 Å². The Morgan fingerprint density at radius 3 is 2.47 bits per heavy atom. The molecule has 2 N–H and O–H groups in total. The van der Waals surface area contributed by atoms with Gasteiger partial charge in [-0.3, -0.25) is 19.4 Å². The predicted molar refractivity (Wildman–Crippen MR) is 127 cm³/mol. The van der Waals surface area contributed by atoms with Crippen LogP contribution in [0.3, 0.4) is 0 Å². The van der Waals surface area contributed by atoms with Crippen molar-refractivity contribution < 1.29 is 14.3 Å². The molecule has 7 nitrogen and oxygen atoms in total. The van der Waals surface area contributed by atoms with E-state index < -0.39 is 0 Å². The zero-order valence-electron chi connectivity index (χ0n) is 18.7. The summed E-state index contributed by atoms with van der Waals surface area (Å²) in [5.41, 5.74) is 2.84. The number of carbonyl (C=O) groups excluding carboxylic acids is 2. The quantitative estimate of drug-likeness (QED) is 0.636. The van der Waals surface area contributed by atoms with Crippen LogP contribution in [0.15, 0.2) is 42.5 Å². The topological polar surface area (TPSA) is 73.9 Å². The molecule has 1 aliphatic rings. The van der Waals surface area contributed by atoms with Crippen LogP contribution in [0.1, 0.15) is 17.5 Å². The van der Waals surface area contributed by atoms with Crippen LogP contribution >= 0.6 is 11.6 Å². The first-order valence-corrected chi connectivity index (χ1v) is 11.2. The van der Waals surface area contributed by atoms with Gasteiger partial charge in [0.2, 0.25) is 11.8 Å². The Morgan fingerprint density at radius 1 is 1.00 bits per heavy atom. The monoisotopic (exact) mass is 458 g/mol. The van der Waals surface area contributed by atoms with Gasteiger partial charge in [0.05, 0.1) is 25.9 Å². The smallest absolute Gasteiger partial charge is 0.243 e. The number of benzene rings is 2. The van der Waals surface area contributed by atoms with Crippen LogP contribution < -0.4 is 15.4 Å². The highest BCUT2D eigenvalue weighted by molar-refractivity contribution is 6.30. The SMILES string of the molecule is COc1ccc(C)cc1NC(=O)CNC(=O)CN1CCCN(Cc2ccc(Cl)cc2)CC1. The molecule has 0 atom stereocenters. The Bertz CT molecular complexity index is 920. The van der Waals surface area contributed by atoms with E-state index in [0.717, 1.165) is 49.7 Å². The number of hydrogen-bond donors (Lipinski definition) is 2. The number of carbonyl (C=O) groups is 2. The molecule has 32 heavy (non-hydrogen) atoms. The predicted octanol–water partition coefficient (Wildman–Crippen LogP) is 2.92. The molecule has 172 valence electrons. The minimum atomic E-state index is -0.285. The molecule has 0 bridgehead atoms. The fraction of sp³-hybridized carbons (Fsp3) is 0.417. The zero-order valence-corrected chi connectivity index (χ0v) is 19.5. The van der Waals surface area contributed by atoms with Gasteiger partial charge in [-0.25, -0.2) is 0 Å². The molecular formula is C24H31ClN4O3. The summed E-state index contributed by atoms with van der Waals surface area (Å²) in [6, 6.07) is 13.5. The van der Waals surface area contributed by atoms with Gasteiger partial charge in [0.25, 0.3) is 0 Å². The van der Waals surface area contributed by atoms with Crippen molar-refractivity contribution in [2.24, 2.45) is 0 Å². The van der Waals surface area contributed by atoms with E-state index >= 15 is 0 Å². The van der Waals surface area contributed by atoms with Gasteiger partial charge in [0.15, 0.2) is 0 Å². The summed E-state index contributed by atoms with van der Waals surface area (Å²) in [5.74, 6) is 0.151. The number of nitrogens with zero attached hydrogens (tertiary/aromatic N) is 2. The second-order valence-corrected chi connectivity index (χ2v) is 8.50. The number of nitrogens with one attached hydrogen (secondary N) is 2. The Balaban J connectivity index is 1.40. The highest BCUT2D eigenvalue weighted by Gasteiger charge is 2.18. The van der Waals surface area contributed by atoms with Crippen molar-refractivity contribution in [3.05, 3.63) is 58.6 Å². The Kier molecular flexibility index (Phi) is 8.90. The van der Waals surface area contributed by atoms with E-state index in [4.69, 9.17) is 16.3 Å². The number of hydrogen-bond acceptors (Lipinski definition) is 5. The van der Waals surface area contributed by atoms with Crippen LogP contribution in [0.5, 0.6) is 5.75 Å². The third-order valence-electron chi connectivity index (χ3n) is 5.44. The van der Waals surface area contributed by atoms with E-state index in [1.807, 2.05) is 31.2 Å². The zero-order chi connectivity index (χ0) is 22.9. The second kappa shape index (κ2) is 11.9. The molecule has 2 aromatic rings. The summed E-state index contributed by atoms with van der Waals surface area (Å²) in [6.07, 6.45) is 0.995. The summed E-state index contributed by atoms with van der Waals surface area (Å²) in [4.78, 5) is 29.2. The van der Waals surface area contributed by atoms with E-state index in [1.54, 1.807) is 13.2 Å². The van der Waals surface area contributed by atoms with Gasteiger partial charge in [0.1, 0.15) is 5.75 Å². The molecule has 0 radical (unpaired) electrons. The van der Waals surface area contributed by atoms with Gasteiger partial charge < -0.3 is 15.4 Å². The van der Waals surface area contributed by atoms with Crippen LogP contribution in [0.4, 0.5) is 5.69 Å². The van der Waals surface area contributed by atoms with Crippen molar-refractivity contribution in [2.45, 2.75) is 19.9 Å². The largest absolute Gasteiger partial charge is 0.495 e. The number of rotatable bonds is 8. The molecule has 1 fully saturated rings. The summed E-state index contributed by atoms with van der Waals surface area (Å²) >= 11 is 5.96. The van der Waals surface area contributed by atoms with Crippen molar-refractivity contribution >= 4 is 29.1 Å². The van der Waals surface area contributed by atoms with Crippen LogP contribution in [0.25, 0.3) is 0 Å². The Hall–Kier alpha value is -2.61. The van der Waals surface area contributed by atoms with Crippen LogP contribution in [0.2, 0.25) is 5.02 Å². The van der Waals surface area contributed by atoms with Crippen molar-refractivity contribution in [3.63, 3.8) is 0 Å². The maximum Gasteiger partial charge on any atom is 0.243 e. The van der Waals surface area contributed by atoms with Crippen molar-refractivity contribution in [1.82, 2.24) is 15.1 Å². The minimum absolute atomic E-state index is 0.0769. The fourth-order valence-electron chi connectivity index (χ4n) is 3.74. The normalized spacial score (nSPS) is 15.1. The van der Waals surface area contributed by atoms with Gasteiger partial charge in [-0.15, -0.1) is 0 Å². The van der Waals surface area contributed by atoms with Crippen LogP contribution in [-0.2, 0) is 16.1 Å². The molecule has 1 aliphatic heterocycles. The molecule has 3 rings (SSSR count). The fourth-order valence-corrected chi connectivity index (χ4v) is 3.87. The summed E-state index contributed by atoms with van der Waals surface area (Å²) in [6.45, 7) is 6.58. The van der Waals surface area contributed by atoms with Gasteiger partial charge >= 0.3 is 0 Å². The maximum atomic E-state index is 12.4. The first-order chi connectivity index (χ1) is 15.4. The molecule has 0 spiro atoms. The lowest BCUT2D eigenvalue weighted by Crippen LogP contribution is -2.41. The molecule has 0 aliphatic carbocycles. The van der Waals surface area contributed by atoms with E-state index in [9.17, 15) is 9.59 Å². The molecule has 1 saturated heterocycles. The number of methoxy groups -OCH3 is 1. The standard InChI is InChI=1S/C24H31ClN4O3/c1-18-4-9-22(32-2)21(14-18)27-23(30)15-26-24(31)17-29-11-3-10-28(12-13-29)16-19-5-7-20(25)8-6-19/h4-9,14H,3,10-13,15-17H2,1-2H3,(H,26,31)(H,27,30). The van der Waals surface area contributed by atoms with Gasteiger partial charge in [-0.05, 0) is 61.8 Å². The molecule has 2 aromatic carbocycles. The van der Waals surface area contributed by atoms with Crippen molar-refractivity contribution in [2.75, 3.05) is 51.7 Å². The second-order valence-electron chi connectivity index (χ2n) is 8.06. The third-order valence-corrected chi connectivity index (χ3v) is 5.69. The van der Waals surface area contributed by atoms with Crippen LogP contribution in [0, 0.1) is 6.92 Å². The molecular weight excluding hydrogens is 428 g/mol. The lowest BCUT2D eigenvalue weighted by molar-refractivity contribution is -0.125. The van der Waals surface area contributed by atoms with Crippen LogP contribution in [-0.4, -0.2) is 68.0 Å². The highest BCUT2D eigenvalue weighted by atomic mass is 35.5. The average Bonchev–Trinajstić information content (AvgIpc) is 2.99. The first kappa shape index (κ1) is 24.0. The highest BCUT2D eigenvalue weighted by Crippen LogP contribution is 2.24. The molecule has 0 saturated carbocycles. The Morgan fingerprint density at radius 2 is 1.72 bits per heavy atom. The Labute approximate surface area is 194 Å². The first-order valence-electron chi connectivity index (χ1n) is 10.8. The third kappa shape index (κ3) is 7.51. The van der Waals surface area contributed by atoms with Crippen molar-refractivity contribution in [3.8, 4) is 5.75 Å². The van der Waals surface area contributed by atoms with Gasteiger partial charge in [-0.1, -0.05) is 29.8 Å². The van der Waals surface area contributed by atoms with E-state index in [2.05, 4.69) is 32.6 Å². The number of ether oxygens (including phenoxy) is 1. The maximum absolute atomic E-state index is 12.4. The number of amides is 2. The molecule has 2 amide bonds. The molecule has 0 unspecified atom stereocenters.